The molecule has 0 N–H and O–H groups in total. The fourth-order valence-corrected chi connectivity index (χ4v) is 4.14. The van der Waals surface area contributed by atoms with Crippen molar-refractivity contribution in [2.24, 2.45) is 5.92 Å². The summed E-state index contributed by atoms with van der Waals surface area (Å²) >= 11 is 0. The molecule has 2 nitrogen and oxygen atoms in total. The lowest BCUT2D eigenvalue weighted by molar-refractivity contribution is -0.0141. The van der Waals surface area contributed by atoms with E-state index in [1.54, 1.807) is 36.4 Å². The topological polar surface area (TPSA) is 18.5 Å². The van der Waals surface area contributed by atoms with Gasteiger partial charge >= 0.3 is 0 Å². The maximum atomic E-state index is 14.8. The van der Waals surface area contributed by atoms with E-state index in [-0.39, 0.29) is 23.2 Å². The van der Waals surface area contributed by atoms with Crippen LogP contribution < -0.4 is 4.74 Å². The van der Waals surface area contributed by atoms with E-state index in [1.807, 2.05) is 13.0 Å². The molecule has 2 unspecified atom stereocenters. The van der Waals surface area contributed by atoms with Gasteiger partial charge in [-0.25, -0.2) is 8.78 Å². The first-order valence-electron chi connectivity index (χ1n) is 11.8. The van der Waals surface area contributed by atoms with E-state index < -0.39 is 11.6 Å². The predicted molar refractivity (Wildman–Crippen MR) is 129 cm³/mol. The third-order valence-electron chi connectivity index (χ3n) is 6.17. The van der Waals surface area contributed by atoms with Crippen molar-refractivity contribution in [2.45, 2.75) is 45.6 Å². The monoisotopic (exact) mass is 466 g/mol. The Kier molecular flexibility index (Phi) is 7.73. The van der Waals surface area contributed by atoms with Gasteiger partial charge in [0.15, 0.2) is 11.6 Å². The summed E-state index contributed by atoms with van der Waals surface area (Å²) in [7, 11) is 0. The first-order chi connectivity index (χ1) is 16.5. The largest absolute Gasteiger partial charge is 0.462 e. The summed E-state index contributed by atoms with van der Waals surface area (Å²) in [6, 6.07) is 15.0. The van der Waals surface area contributed by atoms with E-state index in [1.165, 1.54) is 24.5 Å². The van der Waals surface area contributed by atoms with Gasteiger partial charge in [-0.3, -0.25) is 0 Å². The van der Waals surface area contributed by atoms with Crippen molar-refractivity contribution in [3.63, 3.8) is 0 Å². The molecule has 1 heterocycles. The Labute approximate surface area is 199 Å². The van der Waals surface area contributed by atoms with E-state index in [0.29, 0.717) is 29.2 Å². The average Bonchev–Trinajstić information content (AvgIpc) is 2.85. The van der Waals surface area contributed by atoms with Crippen LogP contribution in [0.1, 0.15) is 51.2 Å². The van der Waals surface area contributed by atoms with Crippen molar-refractivity contribution in [3.8, 4) is 28.0 Å². The highest BCUT2D eigenvalue weighted by Crippen LogP contribution is 2.35. The number of allylic oxidation sites excluding steroid dienone is 1. The van der Waals surface area contributed by atoms with Crippen molar-refractivity contribution in [2.75, 3.05) is 6.61 Å². The summed E-state index contributed by atoms with van der Waals surface area (Å²) in [4.78, 5) is 0. The molecule has 2 atom stereocenters. The zero-order chi connectivity index (χ0) is 24.1. The number of hydrogen-bond donors (Lipinski definition) is 0. The molecule has 4 rings (SSSR count). The van der Waals surface area contributed by atoms with Crippen LogP contribution in [0.4, 0.5) is 13.2 Å². The van der Waals surface area contributed by atoms with Crippen LogP contribution in [0.3, 0.4) is 0 Å². The third-order valence-corrected chi connectivity index (χ3v) is 6.17. The molecule has 0 amide bonds. The van der Waals surface area contributed by atoms with Gasteiger partial charge in [-0.05, 0) is 66.1 Å². The van der Waals surface area contributed by atoms with E-state index in [0.717, 1.165) is 31.2 Å². The molecule has 1 saturated heterocycles. The van der Waals surface area contributed by atoms with Gasteiger partial charge in [0.1, 0.15) is 5.82 Å². The lowest BCUT2D eigenvalue weighted by Gasteiger charge is -2.27. The van der Waals surface area contributed by atoms with Crippen LogP contribution in [0.25, 0.3) is 22.3 Å². The zero-order valence-corrected chi connectivity index (χ0v) is 19.5. The van der Waals surface area contributed by atoms with E-state index >= 15 is 0 Å². The van der Waals surface area contributed by atoms with E-state index in [9.17, 15) is 13.2 Å². The van der Waals surface area contributed by atoms with E-state index in [2.05, 4.69) is 6.92 Å². The van der Waals surface area contributed by atoms with Crippen molar-refractivity contribution >= 4 is 0 Å². The number of rotatable bonds is 7. The number of ether oxygens (including phenoxy) is 2. The summed E-state index contributed by atoms with van der Waals surface area (Å²) in [6.45, 7) is 4.80. The fourth-order valence-electron chi connectivity index (χ4n) is 4.14. The number of hydrogen-bond acceptors (Lipinski definition) is 2. The molecule has 0 aliphatic carbocycles. The maximum Gasteiger partial charge on any atom is 0.201 e. The minimum absolute atomic E-state index is 0.138. The molecule has 1 aliphatic heterocycles. The van der Waals surface area contributed by atoms with Gasteiger partial charge in [0, 0.05) is 17.7 Å². The van der Waals surface area contributed by atoms with Crippen LogP contribution in [0.15, 0.2) is 66.9 Å². The molecule has 0 saturated carbocycles. The molecule has 5 heteroatoms. The SMILES string of the molecule is CCC/C=C\Oc1ccc(-c2ccc(-c3ccc(C4CCC(C)CO4)c(F)c3)cc2)c(F)c1F. The van der Waals surface area contributed by atoms with Crippen LogP contribution in [0.2, 0.25) is 0 Å². The van der Waals surface area contributed by atoms with E-state index in [4.69, 9.17) is 9.47 Å². The molecule has 0 bridgehead atoms. The van der Waals surface area contributed by atoms with Gasteiger partial charge in [0.2, 0.25) is 5.82 Å². The molecule has 1 aliphatic rings. The maximum absolute atomic E-state index is 14.8. The van der Waals surface area contributed by atoms with Crippen LogP contribution in [-0.2, 0) is 4.74 Å². The van der Waals surface area contributed by atoms with Crippen molar-refractivity contribution in [1.29, 1.82) is 0 Å². The Balaban J connectivity index is 1.51. The molecule has 1 fully saturated rings. The standard InChI is InChI=1S/C29H29F3O2/c1-3-4-5-16-33-27-15-13-23(28(31)29(27)32)21-9-7-20(8-10-21)22-11-12-24(25(30)17-22)26-14-6-19(2)18-34-26/h5,7-13,15-17,19,26H,3-4,6,14,18H2,1-2H3/b16-5-. The molecular formula is C29H29F3O2. The molecule has 3 aromatic carbocycles. The van der Waals surface area contributed by atoms with Gasteiger partial charge in [-0.2, -0.15) is 4.39 Å². The minimum Gasteiger partial charge on any atom is -0.462 e. The first kappa shape index (κ1) is 24.1. The van der Waals surface area contributed by atoms with Gasteiger partial charge < -0.3 is 9.47 Å². The highest BCUT2D eigenvalue weighted by atomic mass is 19.2. The van der Waals surface area contributed by atoms with Gasteiger partial charge in [-0.1, -0.05) is 56.7 Å². The summed E-state index contributed by atoms with van der Waals surface area (Å²) in [5.74, 6) is -1.94. The molecule has 178 valence electrons. The molecule has 0 aromatic heterocycles. The Morgan fingerprint density at radius 1 is 0.912 bits per heavy atom. The Morgan fingerprint density at radius 2 is 1.65 bits per heavy atom. The predicted octanol–water partition coefficient (Wildman–Crippen LogP) is 8.62. The van der Waals surface area contributed by atoms with Crippen molar-refractivity contribution < 1.29 is 22.6 Å². The lowest BCUT2D eigenvalue weighted by atomic mass is 9.94. The fraction of sp³-hybridized carbons (Fsp3) is 0.310. The van der Waals surface area contributed by atoms with Gasteiger partial charge in [0.25, 0.3) is 0 Å². The van der Waals surface area contributed by atoms with Crippen LogP contribution in [0.5, 0.6) is 5.75 Å². The van der Waals surface area contributed by atoms with Crippen molar-refractivity contribution in [3.05, 3.63) is 90.0 Å². The molecule has 34 heavy (non-hydrogen) atoms. The molecule has 3 aromatic rings. The third kappa shape index (κ3) is 5.36. The Morgan fingerprint density at radius 3 is 2.32 bits per heavy atom. The first-order valence-corrected chi connectivity index (χ1v) is 11.8. The summed E-state index contributed by atoms with van der Waals surface area (Å²) in [5, 5.41) is 0. The number of benzene rings is 3. The van der Waals surface area contributed by atoms with Crippen LogP contribution >= 0.6 is 0 Å². The van der Waals surface area contributed by atoms with Gasteiger partial charge in [0.05, 0.1) is 12.4 Å². The number of halogens is 3. The zero-order valence-electron chi connectivity index (χ0n) is 19.5. The quantitative estimate of drug-likeness (QED) is 0.325. The second-order valence-corrected chi connectivity index (χ2v) is 8.84. The Bertz CT molecular complexity index is 1150. The molecular weight excluding hydrogens is 437 g/mol. The normalized spacial score (nSPS) is 18.4. The average molecular weight is 467 g/mol. The smallest absolute Gasteiger partial charge is 0.201 e. The highest BCUT2D eigenvalue weighted by Gasteiger charge is 2.23. The summed E-state index contributed by atoms with van der Waals surface area (Å²) in [5.41, 5.74) is 2.74. The van der Waals surface area contributed by atoms with Crippen molar-refractivity contribution in [1.82, 2.24) is 0 Å². The lowest BCUT2D eigenvalue weighted by Crippen LogP contribution is -2.19. The summed E-state index contributed by atoms with van der Waals surface area (Å²) < 4.78 is 55.0. The Hall–Kier alpha value is -3.05. The van der Waals surface area contributed by atoms with Gasteiger partial charge in [-0.15, -0.1) is 0 Å². The molecule has 0 radical (unpaired) electrons. The molecule has 0 spiro atoms. The highest BCUT2D eigenvalue weighted by molar-refractivity contribution is 5.71. The second kappa shape index (κ2) is 10.9. The van der Waals surface area contributed by atoms with Crippen LogP contribution in [0, 0.1) is 23.4 Å². The summed E-state index contributed by atoms with van der Waals surface area (Å²) in [6.07, 6.45) is 6.51. The van der Waals surface area contributed by atoms with Crippen LogP contribution in [-0.4, -0.2) is 6.61 Å². The minimum atomic E-state index is -1.03. The second-order valence-electron chi connectivity index (χ2n) is 8.84. The number of unbranched alkanes of at least 4 members (excludes halogenated alkanes) is 1.